The van der Waals surface area contributed by atoms with Crippen molar-refractivity contribution >= 4 is 28.2 Å². The average molecular weight is 318 g/mol. The number of non-ortho nitro benzene ring substituents is 1. The van der Waals surface area contributed by atoms with Crippen LogP contribution >= 0.6 is 11.6 Å². The number of nitro groups is 1. The minimum Gasteiger partial charge on any atom is -0.306 e. The summed E-state index contributed by atoms with van der Waals surface area (Å²) in [5.41, 5.74) is -1.00. The van der Waals surface area contributed by atoms with E-state index in [1.54, 1.807) is 18.2 Å². The molecule has 3 aromatic rings. The number of H-pyrrole nitrogens is 1. The fourth-order valence-corrected chi connectivity index (χ4v) is 2.35. The molecule has 0 aliphatic heterocycles. The van der Waals surface area contributed by atoms with E-state index in [1.165, 1.54) is 18.2 Å². The normalized spacial score (nSPS) is 10.8. The Morgan fingerprint density at radius 1 is 1.14 bits per heavy atom. The molecule has 0 saturated carbocycles. The maximum atomic E-state index is 12.5. The molecule has 0 saturated heterocycles. The van der Waals surface area contributed by atoms with Crippen LogP contribution in [0.25, 0.3) is 16.6 Å². The van der Waals surface area contributed by atoms with Crippen LogP contribution in [0, 0.1) is 10.1 Å². The van der Waals surface area contributed by atoms with Crippen LogP contribution in [0.2, 0.25) is 5.02 Å². The summed E-state index contributed by atoms with van der Waals surface area (Å²) in [6.07, 6.45) is 0. The smallest absolute Gasteiger partial charge is 0.306 e. The van der Waals surface area contributed by atoms with Crippen molar-refractivity contribution in [2.45, 2.75) is 0 Å². The summed E-state index contributed by atoms with van der Waals surface area (Å²) in [6.45, 7) is 0. The van der Waals surface area contributed by atoms with E-state index in [1.807, 2.05) is 0 Å². The molecule has 22 heavy (non-hydrogen) atoms. The number of nitro benzene ring substituents is 1. The molecular weight excluding hydrogens is 310 g/mol. The van der Waals surface area contributed by atoms with Crippen LogP contribution in [0.3, 0.4) is 0 Å². The van der Waals surface area contributed by atoms with Crippen molar-refractivity contribution in [1.82, 2.24) is 9.55 Å². The van der Waals surface area contributed by atoms with Gasteiger partial charge in [-0.05, 0) is 24.3 Å². The van der Waals surface area contributed by atoms with Gasteiger partial charge in [0.2, 0.25) is 0 Å². The van der Waals surface area contributed by atoms with Gasteiger partial charge in [-0.1, -0.05) is 17.7 Å². The van der Waals surface area contributed by atoms with Crippen LogP contribution in [0.5, 0.6) is 0 Å². The van der Waals surface area contributed by atoms with E-state index in [0.717, 1.165) is 10.6 Å². The minimum absolute atomic E-state index is 0.0498. The molecule has 0 fully saturated rings. The van der Waals surface area contributed by atoms with Crippen molar-refractivity contribution in [3.8, 4) is 5.69 Å². The molecule has 3 rings (SSSR count). The lowest BCUT2D eigenvalue weighted by Gasteiger charge is -2.06. The fourth-order valence-electron chi connectivity index (χ4n) is 2.17. The van der Waals surface area contributed by atoms with Crippen molar-refractivity contribution < 1.29 is 4.92 Å². The van der Waals surface area contributed by atoms with Crippen LogP contribution in [0.4, 0.5) is 5.69 Å². The van der Waals surface area contributed by atoms with E-state index in [-0.39, 0.29) is 22.3 Å². The number of fused-ring (bicyclic) bond motifs is 1. The molecular formula is C14H8ClN3O4. The highest BCUT2D eigenvalue weighted by Gasteiger charge is 2.13. The summed E-state index contributed by atoms with van der Waals surface area (Å²) in [7, 11) is 0. The molecule has 8 heteroatoms. The molecule has 0 aliphatic rings. The van der Waals surface area contributed by atoms with Gasteiger partial charge in [0.05, 0.1) is 21.5 Å². The number of aromatic amines is 1. The van der Waals surface area contributed by atoms with Crippen molar-refractivity contribution in [1.29, 1.82) is 0 Å². The zero-order chi connectivity index (χ0) is 15.9. The third kappa shape index (κ3) is 2.27. The SMILES string of the molecule is O=c1[nH]c2ccc([N+](=O)[O-])cc2c(=O)n1-c1cccc(Cl)c1. The highest BCUT2D eigenvalue weighted by atomic mass is 35.5. The largest absolute Gasteiger partial charge is 0.333 e. The van der Waals surface area contributed by atoms with E-state index < -0.39 is 16.2 Å². The van der Waals surface area contributed by atoms with Crippen molar-refractivity contribution in [3.05, 3.63) is 78.4 Å². The number of halogens is 1. The molecule has 0 aliphatic carbocycles. The summed E-state index contributed by atoms with van der Waals surface area (Å²) >= 11 is 5.87. The molecule has 0 radical (unpaired) electrons. The molecule has 0 bridgehead atoms. The molecule has 1 N–H and O–H groups in total. The van der Waals surface area contributed by atoms with Gasteiger partial charge in [-0.2, -0.15) is 0 Å². The summed E-state index contributed by atoms with van der Waals surface area (Å²) in [4.78, 5) is 37.4. The number of nitrogens with one attached hydrogen (secondary N) is 1. The number of aromatic nitrogens is 2. The molecule has 7 nitrogen and oxygen atoms in total. The van der Waals surface area contributed by atoms with Gasteiger partial charge in [-0.3, -0.25) is 14.9 Å². The predicted molar refractivity (Wildman–Crippen MR) is 81.8 cm³/mol. The Balaban J connectivity index is 2.39. The third-order valence-electron chi connectivity index (χ3n) is 3.16. The third-order valence-corrected chi connectivity index (χ3v) is 3.39. The van der Waals surface area contributed by atoms with Gasteiger partial charge in [0.25, 0.3) is 11.2 Å². The second-order valence-electron chi connectivity index (χ2n) is 4.54. The molecule has 110 valence electrons. The van der Waals surface area contributed by atoms with Crippen LogP contribution in [-0.2, 0) is 0 Å². The quantitative estimate of drug-likeness (QED) is 0.579. The van der Waals surface area contributed by atoms with Gasteiger partial charge in [-0.15, -0.1) is 0 Å². The molecule has 0 unspecified atom stereocenters. The molecule has 0 spiro atoms. The number of benzene rings is 2. The fraction of sp³-hybridized carbons (Fsp3) is 0. The molecule has 1 aromatic heterocycles. The standard InChI is InChI=1S/C14H8ClN3O4/c15-8-2-1-3-9(6-8)17-13(19)11-7-10(18(21)22)4-5-12(11)16-14(17)20/h1-7H,(H,16,20). The molecule has 2 aromatic carbocycles. The second-order valence-corrected chi connectivity index (χ2v) is 4.97. The Morgan fingerprint density at radius 3 is 2.59 bits per heavy atom. The number of hydrogen-bond donors (Lipinski definition) is 1. The lowest BCUT2D eigenvalue weighted by molar-refractivity contribution is -0.384. The highest BCUT2D eigenvalue weighted by molar-refractivity contribution is 6.30. The minimum atomic E-state index is -0.648. The van der Waals surface area contributed by atoms with Gasteiger partial charge in [0, 0.05) is 17.2 Å². The van der Waals surface area contributed by atoms with Gasteiger partial charge in [0.1, 0.15) is 0 Å². The average Bonchev–Trinajstić information content (AvgIpc) is 2.47. The van der Waals surface area contributed by atoms with E-state index in [9.17, 15) is 19.7 Å². The van der Waals surface area contributed by atoms with Crippen LogP contribution in [-0.4, -0.2) is 14.5 Å². The van der Waals surface area contributed by atoms with Gasteiger partial charge in [0.15, 0.2) is 0 Å². The number of rotatable bonds is 2. The van der Waals surface area contributed by atoms with Gasteiger partial charge >= 0.3 is 5.69 Å². The van der Waals surface area contributed by atoms with Crippen LogP contribution < -0.4 is 11.2 Å². The topological polar surface area (TPSA) is 98.0 Å². The maximum absolute atomic E-state index is 12.5. The van der Waals surface area contributed by atoms with E-state index in [4.69, 9.17) is 11.6 Å². The Labute approximate surface area is 127 Å². The lowest BCUT2D eigenvalue weighted by Crippen LogP contribution is -2.33. The lowest BCUT2D eigenvalue weighted by atomic mass is 10.2. The monoisotopic (exact) mass is 317 g/mol. The van der Waals surface area contributed by atoms with E-state index in [0.29, 0.717) is 5.02 Å². The Bertz CT molecular complexity index is 1020. The number of nitrogens with zero attached hydrogens (tertiary/aromatic N) is 2. The molecule has 1 heterocycles. The van der Waals surface area contributed by atoms with Crippen molar-refractivity contribution in [2.24, 2.45) is 0 Å². The van der Waals surface area contributed by atoms with Crippen LogP contribution in [0.15, 0.2) is 52.1 Å². The van der Waals surface area contributed by atoms with Gasteiger partial charge in [-0.25, -0.2) is 9.36 Å². The maximum Gasteiger partial charge on any atom is 0.333 e. The Kier molecular flexibility index (Phi) is 3.26. The molecule has 0 amide bonds. The zero-order valence-electron chi connectivity index (χ0n) is 10.9. The van der Waals surface area contributed by atoms with Gasteiger partial charge < -0.3 is 4.98 Å². The van der Waals surface area contributed by atoms with E-state index >= 15 is 0 Å². The number of hydrogen-bond acceptors (Lipinski definition) is 4. The first-order valence-corrected chi connectivity index (χ1v) is 6.54. The Hall–Kier alpha value is -2.93. The zero-order valence-corrected chi connectivity index (χ0v) is 11.7. The van der Waals surface area contributed by atoms with E-state index in [2.05, 4.69) is 4.98 Å². The van der Waals surface area contributed by atoms with Crippen molar-refractivity contribution in [2.75, 3.05) is 0 Å². The highest BCUT2D eigenvalue weighted by Crippen LogP contribution is 2.17. The summed E-state index contributed by atoms with van der Waals surface area (Å²) in [5, 5.41) is 11.2. The summed E-state index contributed by atoms with van der Waals surface area (Å²) in [5.74, 6) is 0. The Morgan fingerprint density at radius 2 is 1.91 bits per heavy atom. The van der Waals surface area contributed by atoms with Crippen molar-refractivity contribution in [3.63, 3.8) is 0 Å². The summed E-state index contributed by atoms with van der Waals surface area (Å²) < 4.78 is 0.887. The first kappa shape index (κ1) is 14.0. The first-order chi connectivity index (χ1) is 10.5. The van der Waals surface area contributed by atoms with Crippen LogP contribution in [0.1, 0.15) is 0 Å². The molecule has 0 atom stereocenters. The first-order valence-electron chi connectivity index (χ1n) is 6.17. The summed E-state index contributed by atoms with van der Waals surface area (Å²) in [6, 6.07) is 9.90. The second kappa shape index (κ2) is 5.12. The predicted octanol–water partition coefficient (Wildman–Crippen LogP) is 2.24.